The number of nitrogens with zero attached hydrogens (tertiary/aromatic N) is 5. The van der Waals surface area contributed by atoms with E-state index in [-0.39, 0.29) is 23.7 Å². The van der Waals surface area contributed by atoms with E-state index >= 15 is 0 Å². The maximum Gasteiger partial charge on any atom is 0.252 e. The zero-order valence-electron chi connectivity index (χ0n) is 22.8. The van der Waals surface area contributed by atoms with Gasteiger partial charge in [0.2, 0.25) is 18.3 Å². The summed E-state index contributed by atoms with van der Waals surface area (Å²) in [5.74, 6) is -4.89. The Labute approximate surface area is 244 Å². The fourth-order valence-corrected chi connectivity index (χ4v) is 5.71. The molecule has 9 nitrogen and oxygen atoms in total. The molecule has 1 unspecified atom stereocenters. The molecular formula is C30H26F4N6O3. The van der Waals surface area contributed by atoms with Crippen LogP contribution in [-0.4, -0.2) is 46.7 Å². The average molecular weight is 595 g/mol. The number of anilines is 2. The highest BCUT2D eigenvalue weighted by molar-refractivity contribution is 5.98. The van der Waals surface area contributed by atoms with Crippen molar-refractivity contribution < 1.29 is 31.9 Å². The third kappa shape index (κ3) is 5.90. The van der Waals surface area contributed by atoms with E-state index in [1.54, 1.807) is 24.3 Å². The summed E-state index contributed by atoms with van der Waals surface area (Å²) in [6.07, 6.45) is 2.87. The van der Waals surface area contributed by atoms with Gasteiger partial charge in [0.1, 0.15) is 23.4 Å². The molecule has 3 aromatic rings. The molecule has 43 heavy (non-hydrogen) atoms. The molecule has 2 heterocycles. The van der Waals surface area contributed by atoms with Crippen LogP contribution in [0.4, 0.5) is 29.2 Å². The summed E-state index contributed by atoms with van der Waals surface area (Å²) in [5, 5.41) is 11.2. The Balaban J connectivity index is 0.000000220. The zero-order valence-corrected chi connectivity index (χ0v) is 22.8. The second kappa shape index (κ2) is 11.8. The van der Waals surface area contributed by atoms with E-state index in [9.17, 15) is 31.9 Å². The highest BCUT2D eigenvalue weighted by atomic mass is 19.3. The van der Waals surface area contributed by atoms with Crippen molar-refractivity contribution in [2.75, 3.05) is 16.3 Å². The smallest absolute Gasteiger partial charge is 0.252 e. The fourth-order valence-electron chi connectivity index (χ4n) is 5.71. The predicted octanol–water partition coefficient (Wildman–Crippen LogP) is 4.16. The maximum atomic E-state index is 13.8. The van der Waals surface area contributed by atoms with Crippen molar-refractivity contribution in [1.29, 1.82) is 5.26 Å². The van der Waals surface area contributed by atoms with Gasteiger partial charge in [0.05, 0.1) is 5.69 Å². The summed E-state index contributed by atoms with van der Waals surface area (Å²) in [6.45, 7) is 0.647. The van der Waals surface area contributed by atoms with Gasteiger partial charge in [0.15, 0.2) is 5.54 Å². The lowest BCUT2D eigenvalue weighted by molar-refractivity contribution is -0.135. The van der Waals surface area contributed by atoms with E-state index in [0.29, 0.717) is 43.4 Å². The van der Waals surface area contributed by atoms with Crippen LogP contribution in [0.3, 0.4) is 0 Å². The lowest BCUT2D eigenvalue weighted by Gasteiger charge is -2.42. The molecule has 0 bridgehead atoms. The first-order valence-electron chi connectivity index (χ1n) is 13.6. The number of aryl methyl sites for hydroxylation is 1. The molecule has 1 aromatic heterocycles. The second-order valence-electron chi connectivity index (χ2n) is 10.6. The fraction of sp³-hybridized carbons (Fsp3) is 0.333. The minimum absolute atomic E-state index is 0.0279. The van der Waals surface area contributed by atoms with Crippen LogP contribution in [0.5, 0.6) is 0 Å². The number of amides is 3. The zero-order chi connectivity index (χ0) is 30.8. The number of aromatic nitrogens is 2. The van der Waals surface area contributed by atoms with Gasteiger partial charge in [-0.3, -0.25) is 24.2 Å². The number of hydrogen-bond donors (Lipinski definition) is 1. The van der Waals surface area contributed by atoms with Crippen molar-refractivity contribution in [3.63, 3.8) is 0 Å². The van der Waals surface area contributed by atoms with Gasteiger partial charge in [0, 0.05) is 44.1 Å². The van der Waals surface area contributed by atoms with Gasteiger partial charge in [-0.15, -0.1) is 0 Å². The van der Waals surface area contributed by atoms with Crippen LogP contribution in [0, 0.1) is 23.0 Å². The van der Waals surface area contributed by atoms with E-state index < -0.39 is 47.9 Å². The Morgan fingerprint density at radius 2 is 1.84 bits per heavy atom. The van der Waals surface area contributed by atoms with Crippen molar-refractivity contribution in [3.8, 4) is 6.07 Å². The summed E-state index contributed by atoms with van der Waals surface area (Å²) in [4.78, 5) is 47.2. The van der Waals surface area contributed by atoms with Crippen molar-refractivity contribution in [2.45, 2.75) is 56.0 Å². The van der Waals surface area contributed by atoms with Gasteiger partial charge < -0.3 is 5.32 Å². The van der Waals surface area contributed by atoms with E-state index in [1.807, 2.05) is 6.07 Å². The number of fused-ring (bicyclic) bond motifs is 1. The number of carbonyl (C=O) groups is 3. The topological polar surface area (TPSA) is 119 Å². The van der Waals surface area contributed by atoms with Crippen LogP contribution < -0.4 is 15.1 Å². The van der Waals surface area contributed by atoms with Gasteiger partial charge in [-0.2, -0.15) is 5.26 Å². The van der Waals surface area contributed by atoms with Crippen LogP contribution in [0.25, 0.3) is 0 Å². The quantitative estimate of drug-likeness (QED) is 0.338. The lowest BCUT2D eigenvalue weighted by atomic mass is 9.84. The average Bonchev–Trinajstić information content (AvgIpc) is 3.57. The second-order valence-corrected chi connectivity index (χ2v) is 10.6. The number of alkyl halides is 2. The van der Waals surface area contributed by atoms with E-state index in [0.717, 1.165) is 29.0 Å². The molecule has 1 atom stereocenters. The molecule has 0 spiro atoms. The number of carbonyl (C=O) groups excluding carboxylic acids is 3. The molecular weight excluding hydrogens is 568 g/mol. The molecule has 2 fully saturated rings. The summed E-state index contributed by atoms with van der Waals surface area (Å²) < 4.78 is 54.1. The monoisotopic (exact) mass is 594 g/mol. The maximum absolute atomic E-state index is 13.8. The first-order chi connectivity index (χ1) is 20.6. The van der Waals surface area contributed by atoms with E-state index in [1.165, 1.54) is 17.2 Å². The summed E-state index contributed by atoms with van der Waals surface area (Å²) in [7, 11) is 0. The van der Waals surface area contributed by atoms with Crippen LogP contribution >= 0.6 is 0 Å². The van der Waals surface area contributed by atoms with Gasteiger partial charge in [-0.05, 0) is 48.6 Å². The van der Waals surface area contributed by atoms with Crippen LogP contribution in [0.2, 0.25) is 0 Å². The van der Waals surface area contributed by atoms with Crippen LogP contribution in [0.1, 0.15) is 48.9 Å². The first-order valence-corrected chi connectivity index (χ1v) is 13.6. The van der Waals surface area contributed by atoms with E-state index in [2.05, 4.69) is 15.3 Å². The van der Waals surface area contributed by atoms with Crippen molar-refractivity contribution in [3.05, 3.63) is 83.2 Å². The number of rotatable bonds is 6. The number of hydrogen-bond acceptors (Lipinski definition) is 6. The summed E-state index contributed by atoms with van der Waals surface area (Å²) >= 11 is 0. The molecule has 1 saturated heterocycles. The standard InChI is InChI=1S/C21H18F4N2O2.C9H8N4O/c22-14-7-15(23)9-17(8-14)27(12-28)21(6-5-13-3-1-2-4-18(13)21)19(29)26-16-10-20(24,25)11-16;10-6-7-3-4-11-9(12-7)13-5-1-2-8(13)14/h1-4,7-9,12,16H,5-6,10-11H2,(H,26,29);3-4H,1-2,5H2. The largest absolute Gasteiger partial charge is 0.351 e. The number of benzene rings is 2. The molecule has 1 saturated carbocycles. The molecule has 2 aliphatic carbocycles. The van der Waals surface area contributed by atoms with Crippen molar-refractivity contribution in [2.24, 2.45) is 0 Å². The Kier molecular flexibility index (Phi) is 8.12. The van der Waals surface area contributed by atoms with Gasteiger partial charge in [-0.1, -0.05) is 24.3 Å². The van der Waals surface area contributed by atoms with Crippen molar-refractivity contribution in [1.82, 2.24) is 15.3 Å². The highest BCUT2D eigenvalue weighted by Gasteiger charge is 2.53. The first kappa shape index (κ1) is 29.6. The molecule has 3 aliphatic rings. The Morgan fingerprint density at radius 3 is 2.47 bits per heavy atom. The number of nitrogens with one attached hydrogen (secondary N) is 1. The van der Waals surface area contributed by atoms with Gasteiger partial charge in [0.25, 0.3) is 11.8 Å². The molecule has 222 valence electrons. The predicted molar refractivity (Wildman–Crippen MR) is 146 cm³/mol. The molecule has 1 aliphatic heterocycles. The van der Waals surface area contributed by atoms with E-state index in [4.69, 9.17) is 5.26 Å². The Bertz CT molecular complexity index is 1580. The normalized spacial score (nSPS) is 20.3. The molecule has 3 amide bonds. The Hall–Kier alpha value is -4.86. The summed E-state index contributed by atoms with van der Waals surface area (Å²) in [6, 6.07) is 12.3. The number of nitriles is 1. The number of halogens is 4. The minimum Gasteiger partial charge on any atom is -0.351 e. The Morgan fingerprint density at radius 1 is 1.12 bits per heavy atom. The van der Waals surface area contributed by atoms with Crippen molar-refractivity contribution >= 4 is 29.9 Å². The third-order valence-corrected chi connectivity index (χ3v) is 7.73. The summed E-state index contributed by atoms with van der Waals surface area (Å²) in [5.41, 5.74) is -0.0904. The highest BCUT2D eigenvalue weighted by Crippen LogP contribution is 2.45. The third-order valence-electron chi connectivity index (χ3n) is 7.73. The molecule has 1 N–H and O–H groups in total. The van der Waals surface area contributed by atoms with Gasteiger partial charge >= 0.3 is 0 Å². The molecule has 13 heteroatoms. The lowest BCUT2D eigenvalue weighted by Crippen LogP contribution is -2.60. The molecule has 6 rings (SSSR count). The SMILES string of the molecule is N#Cc1ccnc(N2CCCC2=O)n1.O=CN(c1cc(F)cc(F)c1)C1(C(=O)NC2CC(F)(F)C2)CCc2ccccc21. The molecule has 2 aromatic carbocycles. The van der Waals surface area contributed by atoms with Gasteiger partial charge in [-0.25, -0.2) is 27.5 Å². The van der Waals surface area contributed by atoms with Crippen LogP contribution in [-0.2, 0) is 26.3 Å². The van der Waals surface area contributed by atoms with Crippen LogP contribution in [0.15, 0.2) is 54.7 Å². The molecule has 0 radical (unpaired) electrons. The minimum atomic E-state index is -2.82.